The Hall–Kier alpha value is -1.90. The van der Waals surface area contributed by atoms with Gasteiger partial charge in [0.1, 0.15) is 5.82 Å². The van der Waals surface area contributed by atoms with E-state index in [1.807, 2.05) is 26.0 Å². The summed E-state index contributed by atoms with van der Waals surface area (Å²) < 4.78 is 33.6. The number of rotatable bonds is 4. The molecule has 0 aliphatic heterocycles. The number of aryl methyl sites for hydroxylation is 1. The van der Waals surface area contributed by atoms with E-state index >= 15 is 0 Å². The van der Waals surface area contributed by atoms with E-state index in [4.69, 9.17) is 4.74 Å². The number of halogens is 2. The van der Waals surface area contributed by atoms with E-state index < -0.39 is 0 Å². The molecule has 1 nitrogen and oxygen atoms in total. The van der Waals surface area contributed by atoms with Gasteiger partial charge in [-0.1, -0.05) is 18.2 Å². The summed E-state index contributed by atoms with van der Waals surface area (Å²) in [5, 5.41) is 0. The highest BCUT2D eigenvalue weighted by molar-refractivity contribution is 5.34. The van der Waals surface area contributed by atoms with Crippen LogP contribution in [0.1, 0.15) is 61.1 Å². The summed E-state index contributed by atoms with van der Waals surface area (Å²) in [6.45, 7) is 4.14. The molecule has 4 unspecified atom stereocenters. The Balaban J connectivity index is 1.55. The third-order valence-corrected chi connectivity index (χ3v) is 6.51. The van der Waals surface area contributed by atoms with Crippen molar-refractivity contribution in [1.29, 1.82) is 0 Å². The third kappa shape index (κ3) is 3.02. The number of ether oxygens (including phenoxy) is 1. The van der Waals surface area contributed by atoms with Gasteiger partial charge in [-0.25, -0.2) is 8.78 Å². The average molecular weight is 356 g/mol. The molecular formula is C23H26F2O. The lowest BCUT2D eigenvalue weighted by Gasteiger charge is -2.22. The minimum Gasteiger partial charge on any atom is -0.491 e. The largest absolute Gasteiger partial charge is 0.491 e. The third-order valence-electron chi connectivity index (χ3n) is 6.51. The molecule has 0 heterocycles. The van der Waals surface area contributed by atoms with Crippen molar-refractivity contribution < 1.29 is 13.5 Å². The summed E-state index contributed by atoms with van der Waals surface area (Å²) in [5.41, 5.74) is 2.94. The lowest BCUT2D eigenvalue weighted by Crippen LogP contribution is -2.12. The normalized spacial score (nSPS) is 27.5. The minimum atomic E-state index is -0.261. The van der Waals surface area contributed by atoms with Gasteiger partial charge in [-0.3, -0.25) is 0 Å². The van der Waals surface area contributed by atoms with Gasteiger partial charge in [-0.2, -0.15) is 0 Å². The van der Waals surface area contributed by atoms with Crippen LogP contribution < -0.4 is 4.74 Å². The van der Waals surface area contributed by atoms with Gasteiger partial charge in [0, 0.05) is 0 Å². The first-order chi connectivity index (χ1) is 12.6. The maximum absolute atomic E-state index is 14.3. The second-order valence-electron chi connectivity index (χ2n) is 7.83. The monoisotopic (exact) mass is 356 g/mol. The molecule has 2 aliphatic carbocycles. The number of fused-ring (bicyclic) bond motifs is 1. The molecule has 2 saturated carbocycles. The van der Waals surface area contributed by atoms with E-state index in [0.29, 0.717) is 41.6 Å². The fourth-order valence-corrected chi connectivity index (χ4v) is 5.29. The molecule has 3 heteroatoms. The van der Waals surface area contributed by atoms with E-state index in [2.05, 4.69) is 6.07 Å². The molecule has 0 spiro atoms. The van der Waals surface area contributed by atoms with Crippen molar-refractivity contribution in [3.63, 3.8) is 0 Å². The van der Waals surface area contributed by atoms with Gasteiger partial charge in [-0.15, -0.1) is 0 Å². The predicted molar refractivity (Wildman–Crippen MR) is 99.6 cm³/mol. The molecule has 26 heavy (non-hydrogen) atoms. The van der Waals surface area contributed by atoms with Gasteiger partial charge in [0.05, 0.1) is 6.61 Å². The van der Waals surface area contributed by atoms with Gasteiger partial charge >= 0.3 is 0 Å². The maximum atomic E-state index is 14.3. The molecule has 0 radical (unpaired) electrons. The zero-order valence-electron chi connectivity index (χ0n) is 15.5. The Morgan fingerprint density at radius 1 is 0.846 bits per heavy atom. The Labute approximate surface area is 154 Å². The van der Waals surface area contributed by atoms with Crippen molar-refractivity contribution in [1.82, 2.24) is 0 Å². The Kier molecular flexibility index (Phi) is 4.73. The van der Waals surface area contributed by atoms with Gasteiger partial charge in [0.15, 0.2) is 11.6 Å². The van der Waals surface area contributed by atoms with Crippen LogP contribution in [0, 0.1) is 30.4 Å². The molecule has 0 bridgehead atoms. The van der Waals surface area contributed by atoms with Crippen molar-refractivity contribution in [2.24, 2.45) is 11.8 Å². The van der Waals surface area contributed by atoms with E-state index in [1.165, 1.54) is 0 Å². The zero-order valence-corrected chi connectivity index (χ0v) is 15.5. The second kappa shape index (κ2) is 7.02. The maximum Gasteiger partial charge on any atom is 0.165 e. The van der Waals surface area contributed by atoms with Crippen LogP contribution in [-0.4, -0.2) is 6.61 Å². The molecule has 0 saturated heterocycles. The van der Waals surface area contributed by atoms with Crippen molar-refractivity contribution in [2.75, 3.05) is 6.61 Å². The van der Waals surface area contributed by atoms with Crippen molar-refractivity contribution in [3.8, 4) is 5.75 Å². The molecule has 0 aromatic heterocycles. The smallest absolute Gasteiger partial charge is 0.165 e. The zero-order chi connectivity index (χ0) is 18.3. The molecule has 4 rings (SSSR count). The molecule has 0 N–H and O–H groups in total. The van der Waals surface area contributed by atoms with Crippen LogP contribution in [0.4, 0.5) is 8.78 Å². The van der Waals surface area contributed by atoms with Crippen molar-refractivity contribution in [2.45, 2.75) is 51.4 Å². The molecule has 138 valence electrons. The quantitative estimate of drug-likeness (QED) is 0.619. The van der Waals surface area contributed by atoms with Crippen LogP contribution in [0.25, 0.3) is 0 Å². The topological polar surface area (TPSA) is 9.23 Å². The Morgan fingerprint density at radius 2 is 1.42 bits per heavy atom. The first-order valence-corrected chi connectivity index (χ1v) is 9.76. The predicted octanol–water partition coefficient (Wildman–Crippen LogP) is 6.36. The van der Waals surface area contributed by atoms with Gasteiger partial charge in [-0.05, 0) is 98.1 Å². The minimum absolute atomic E-state index is 0.103. The first kappa shape index (κ1) is 17.5. The summed E-state index contributed by atoms with van der Waals surface area (Å²) in [7, 11) is 0. The second-order valence-corrected chi connectivity index (χ2v) is 7.83. The molecule has 0 amide bonds. The molecule has 2 aromatic carbocycles. The highest BCUT2D eigenvalue weighted by Gasteiger charge is 2.45. The SMILES string of the molecule is CCOc1ccc(C2CCC3C(c4ccc(C)c(F)c4)CCC23)cc1F. The van der Waals surface area contributed by atoms with E-state index in [-0.39, 0.29) is 11.6 Å². The van der Waals surface area contributed by atoms with E-state index in [0.717, 1.165) is 36.8 Å². The van der Waals surface area contributed by atoms with Gasteiger partial charge in [0.2, 0.25) is 0 Å². The summed E-state index contributed by atoms with van der Waals surface area (Å²) in [6, 6.07) is 11.2. The lowest BCUT2D eigenvalue weighted by molar-refractivity contribution is 0.320. The average Bonchev–Trinajstić information content (AvgIpc) is 3.21. The fourth-order valence-electron chi connectivity index (χ4n) is 5.29. The summed E-state index contributed by atoms with van der Waals surface area (Å²) >= 11 is 0. The summed E-state index contributed by atoms with van der Waals surface area (Å²) in [6.07, 6.45) is 4.48. The molecule has 2 fully saturated rings. The van der Waals surface area contributed by atoms with Crippen LogP contribution in [0.3, 0.4) is 0 Å². The summed E-state index contributed by atoms with van der Waals surface area (Å²) in [4.78, 5) is 0. The molecular weight excluding hydrogens is 330 g/mol. The first-order valence-electron chi connectivity index (χ1n) is 9.76. The summed E-state index contributed by atoms with van der Waals surface area (Å²) in [5.74, 6) is 1.97. The van der Waals surface area contributed by atoms with Crippen LogP contribution in [0.15, 0.2) is 36.4 Å². The van der Waals surface area contributed by atoms with Crippen LogP contribution in [-0.2, 0) is 0 Å². The Bertz CT molecular complexity index is 801. The standard InChI is InChI=1S/C23H26F2O/c1-3-26-23-11-6-16(13-22(23)25)18-8-10-19-17(7-9-20(18)19)15-5-4-14(2)21(24)12-15/h4-6,11-13,17-20H,3,7-10H2,1-2H3. The van der Waals surface area contributed by atoms with Crippen LogP contribution in [0.5, 0.6) is 5.75 Å². The fraction of sp³-hybridized carbons (Fsp3) is 0.478. The van der Waals surface area contributed by atoms with E-state index in [9.17, 15) is 8.78 Å². The van der Waals surface area contributed by atoms with Gasteiger partial charge < -0.3 is 4.74 Å². The number of hydrogen-bond donors (Lipinski definition) is 0. The van der Waals surface area contributed by atoms with Crippen molar-refractivity contribution in [3.05, 3.63) is 64.7 Å². The van der Waals surface area contributed by atoms with Gasteiger partial charge in [0.25, 0.3) is 0 Å². The van der Waals surface area contributed by atoms with E-state index in [1.54, 1.807) is 18.2 Å². The van der Waals surface area contributed by atoms with Crippen LogP contribution in [0.2, 0.25) is 0 Å². The number of hydrogen-bond acceptors (Lipinski definition) is 1. The number of benzene rings is 2. The Morgan fingerprint density at radius 3 is 1.96 bits per heavy atom. The van der Waals surface area contributed by atoms with Crippen LogP contribution >= 0.6 is 0 Å². The lowest BCUT2D eigenvalue weighted by atomic mass is 9.83. The molecule has 2 aromatic rings. The highest BCUT2D eigenvalue weighted by atomic mass is 19.1. The molecule has 4 atom stereocenters. The van der Waals surface area contributed by atoms with Crippen molar-refractivity contribution >= 4 is 0 Å². The molecule has 2 aliphatic rings. The highest BCUT2D eigenvalue weighted by Crippen LogP contribution is 2.57.